The van der Waals surface area contributed by atoms with Crippen LogP contribution in [-0.2, 0) is 4.79 Å². The zero-order valence-electron chi connectivity index (χ0n) is 15.0. The first kappa shape index (κ1) is 18.1. The van der Waals surface area contributed by atoms with E-state index in [-0.39, 0.29) is 5.91 Å². The molecule has 0 saturated heterocycles. The van der Waals surface area contributed by atoms with Gasteiger partial charge >= 0.3 is 0 Å². The summed E-state index contributed by atoms with van der Waals surface area (Å²) in [5, 5.41) is 3.73. The smallest absolute Gasteiger partial charge is 0.234 e. The number of nitrogens with one attached hydrogen (secondary N) is 1. The zero-order valence-corrected chi connectivity index (χ0v) is 15.8. The van der Waals surface area contributed by atoms with Crippen molar-refractivity contribution in [2.45, 2.75) is 19.0 Å². The van der Waals surface area contributed by atoms with Gasteiger partial charge in [-0.15, -0.1) is 0 Å². The van der Waals surface area contributed by atoms with Crippen molar-refractivity contribution in [1.82, 2.24) is 9.55 Å². The molecule has 0 aliphatic heterocycles. The first-order chi connectivity index (χ1) is 12.6. The Morgan fingerprint density at radius 3 is 2.65 bits per heavy atom. The maximum absolute atomic E-state index is 12.3. The predicted molar refractivity (Wildman–Crippen MR) is 105 cm³/mol. The minimum atomic E-state index is -0.0498. The Labute approximate surface area is 157 Å². The van der Waals surface area contributed by atoms with Crippen molar-refractivity contribution in [3.63, 3.8) is 0 Å². The normalized spacial score (nSPS) is 10.6. The molecule has 1 N–H and O–H groups in total. The van der Waals surface area contributed by atoms with Crippen LogP contribution < -0.4 is 10.1 Å². The number of aryl methyl sites for hydroxylation is 2. The van der Waals surface area contributed by atoms with Crippen LogP contribution in [0.15, 0.2) is 60.0 Å². The average molecular weight is 367 g/mol. The number of amides is 1. The van der Waals surface area contributed by atoms with Crippen LogP contribution in [-0.4, -0.2) is 28.3 Å². The standard InChI is InChI=1S/C20H21N3O2S/c1-14-4-9-18(15(2)12-14)22-19(24)13-26-20-21-10-11-23(20)16-5-7-17(25-3)8-6-16/h4-12H,13H2,1-3H3,(H,22,24). The van der Waals surface area contributed by atoms with Crippen LogP contribution in [0.5, 0.6) is 5.75 Å². The quantitative estimate of drug-likeness (QED) is 0.663. The fraction of sp³-hybridized carbons (Fsp3) is 0.200. The number of hydrogen-bond donors (Lipinski definition) is 1. The van der Waals surface area contributed by atoms with Crippen molar-refractivity contribution < 1.29 is 9.53 Å². The third kappa shape index (κ3) is 4.26. The number of carbonyl (C=O) groups is 1. The molecule has 0 spiro atoms. The number of anilines is 1. The molecule has 0 aliphatic rings. The lowest BCUT2D eigenvalue weighted by Crippen LogP contribution is -2.15. The molecule has 26 heavy (non-hydrogen) atoms. The van der Waals surface area contributed by atoms with E-state index in [1.54, 1.807) is 13.3 Å². The lowest BCUT2D eigenvalue weighted by atomic mass is 10.1. The van der Waals surface area contributed by atoms with E-state index in [1.807, 2.05) is 61.0 Å². The van der Waals surface area contributed by atoms with E-state index >= 15 is 0 Å². The fourth-order valence-corrected chi connectivity index (χ4v) is 3.38. The largest absolute Gasteiger partial charge is 0.497 e. The number of methoxy groups -OCH3 is 1. The van der Waals surface area contributed by atoms with Crippen LogP contribution in [0.4, 0.5) is 5.69 Å². The average Bonchev–Trinajstić information content (AvgIpc) is 3.11. The predicted octanol–water partition coefficient (Wildman–Crippen LogP) is 4.23. The van der Waals surface area contributed by atoms with E-state index in [1.165, 1.54) is 17.3 Å². The zero-order chi connectivity index (χ0) is 18.5. The van der Waals surface area contributed by atoms with E-state index in [0.29, 0.717) is 5.75 Å². The number of hydrogen-bond acceptors (Lipinski definition) is 4. The van der Waals surface area contributed by atoms with Crippen molar-refractivity contribution >= 4 is 23.4 Å². The number of ether oxygens (including phenoxy) is 1. The fourth-order valence-electron chi connectivity index (χ4n) is 2.61. The van der Waals surface area contributed by atoms with Crippen molar-refractivity contribution in [2.24, 2.45) is 0 Å². The van der Waals surface area contributed by atoms with Gasteiger partial charge < -0.3 is 10.1 Å². The van der Waals surface area contributed by atoms with Gasteiger partial charge in [-0.25, -0.2) is 4.98 Å². The minimum Gasteiger partial charge on any atom is -0.497 e. The molecule has 3 rings (SSSR count). The van der Waals surface area contributed by atoms with Gasteiger partial charge in [0.05, 0.1) is 12.9 Å². The molecule has 0 radical (unpaired) electrons. The van der Waals surface area contributed by atoms with Gasteiger partial charge in [-0.1, -0.05) is 29.5 Å². The number of benzene rings is 2. The van der Waals surface area contributed by atoms with Gasteiger partial charge in [-0.05, 0) is 49.7 Å². The number of nitrogens with zero attached hydrogens (tertiary/aromatic N) is 2. The second-order valence-electron chi connectivity index (χ2n) is 5.93. The van der Waals surface area contributed by atoms with Gasteiger partial charge in [0.1, 0.15) is 5.75 Å². The van der Waals surface area contributed by atoms with E-state index in [9.17, 15) is 4.79 Å². The third-order valence-corrected chi connectivity index (χ3v) is 4.91. The topological polar surface area (TPSA) is 56.2 Å². The van der Waals surface area contributed by atoms with Crippen LogP contribution >= 0.6 is 11.8 Å². The number of aromatic nitrogens is 2. The Bertz CT molecular complexity index is 904. The second kappa shape index (κ2) is 8.10. The summed E-state index contributed by atoms with van der Waals surface area (Å²) in [5.41, 5.74) is 4.06. The molecule has 0 saturated carbocycles. The second-order valence-corrected chi connectivity index (χ2v) is 6.88. The third-order valence-electron chi connectivity index (χ3n) is 3.95. The van der Waals surface area contributed by atoms with Crippen molar-refractivity contribution in [1.29, 1.82) is 0 Å². The Hall–Kier alpha value is -2.73. The molecule has 0 fully saturated rings. The molecular weight excluding hydrogens is 346 g/mol. The van der Waals surface area contributed by atoms with Gasteiger partial charge in [-0.2, -0.15) is 0 Å². The molecular formula is C20H21N3O2S. The Morgan fingerprint density at radius 2 is 1.96 bits per heavy atom. The molecule has 3 aromatic rings. The maximum atomic E-state index is 12.3. The Kier molecular flexibility index (Phi) is 5.63. The molecule has 0 atom stereocenters. The van der Waals surface area contributed by atoms with Crippen LogP contribution in [0.3, 0.4) is 0 Å². The van der Waals surface area contributed by atoms with Crippen molar-refractivity contribution in [3.8, 4) is 11.4 Å². The van der Waals surface area contributed by atoms with E-state index < -0.39 is 0 Å². The summed E-state index contributed by atoms with van der Waals surface area (Å²) >= 11 is 1.40. The van der Waals surface area contributed by atoms with Gasteiger partial charge in [0.2, 0.25) is 5.91 Å². The van der Waals surface area contributed by atoms with Gasteiger partial charge in [0, 0.05) is 23.8 Å². The van der Waals surface area contributed by atoms with Gasteiger partial charge in [0.15, 0.2) is 5.16 Å². The van der Waals surface area contributed by atoms with Crippen molar-refractivity contribution in [3.05, 3.63) is 66.0 Å². The lowest BCUT2D eigenvalue weighted by Gasteiger charge is -2.10. The molecule has 2 aromatic carbocycles. The molecule has 1 aromatic heterocycles. The molecule has 1 amide bonds. The van der Waals surface area contributed by atoms with E-state index in [2.05, 4.69) is 16.4 Å². The molecule has 6 heteroatoms. The van der Waals surface area contributed by atoms with Gasteiger partial charge in [-0.3, -0.25) is 9.36 Å². The van der Waals surface area contributed by atoms with Crippen LogP contribution in [0, 0.1) is 13.8 Å². The summed E-state index contributed by atoms with van der Waals surface area (Å²) in [6.45, 7) is 4.03. The summed E-state index contributed by atoms with van der Waals surface area (Å²) in [5.74, 6) is 1.04. The van der Waals surface area contributed by atoms with Crippen LogP contribution in [0.25, 0.3) is 5.69 Å². The Balaban J connectivity index is 1.64. The first-order valence-electron chi connectivity index (χ1n) is 8.24. The summed E-state index contributed by atoms with van der Waals surface area (Å²) in [7, 11) is 1.64. The highest BCUT2D eigenvalue weighted by Crippen LogP contribution is 2.23. The van der Waals surface area contributed by atoms with Crippen LogP contribution in [0.2, 0.25) is 0 Å². The minimum absolute atomic E-state index is 0.0498. The first-order valence-corrected chi connectivity index (χ1v) is 9.23. The van der Waals surface area contributed by atoms with E-state index in [0.717, 1.165) is 27.8 Å². The SMILES string of the molecule is COc1ccc(-n2ccnc2SCC(=O)Nc2ccc(C)cc2C)cc1. The summed E-state index contributed by atoms with van der Waals surface area (Å²) < 4.78 is 7.14. The number of thioether (sulfide) groups is 1. The van der Waals surface area contributed by atoms with E-state index in [4.69, 9.17) is 4.74 Å². The monoisotopic (exact) mass is 367 g/mol. The highest BCUT2D eigenvalue weighted by Gasteiger charge is 2.10. The molecule has 0 bridgehead atoms. The van der Waals surface area contributed by atoms with Crippen molar-refractivity contribution in [2.75, 3.05) is 18.2 Å². The number of rotatable bonds is 6. The highest BCUT2D eigenvalue weighted by atomic mass is 32.2. The molecule has 134 valence electrons. The Morgan fingerprint density at radius 1 is 1.19 bits per heavy atom. The number of carbonyl (C=O) groups excluding carboxylic acids is 1. The molecule has 5 nitrogen and oxygen atoms in total. The summed E-state index contributed by atoms with van der Waals surface area (Å²) in [6.07, 6.45) is 3.61. The highest BCUT2D eigenvalue weighted by molar-refractivity contribution is 7.99. The maximum Gasteiger partial charge on any atom is 0.234 e. The lowest BCUT2D eigenvalue weighted by molar-refractivity contribution is -0.113. The molecule has 0 aliphatic carbocycles. The summed E-state index contributed by atoms with van der Waals surface area (Å²) in [6, 6.07) is 13.7. The van der Waals surface area contributed by atoms with Crippen LogP contribution in [0.1, 0.15) is 11.1 Å². The molecule has 0 unspecified atom stereocenters. The van der Waals surface area contributed by atoms with Gasteiger partial charge in [0.25, 0.3) is 0 Å². The molecule has 1 heterocycles. The summed E-state index contributed by atoms with van der Waals surface area (Å²) in [4.78, 5) is 16.6. The number of imidazole rings is 1.